The summed E-state index contributed by atoms with van der Waals surface area (Å²) in [5, 5.41) is -0.945. The number of ether oxygens (including phenoxy) is 1. The fourth-order valence-corrected chi connectivity index (χ4v) is 7.14. The van der Waals surface area contributed by atoms with Crippen LogP contribution in [0.4, 0.5) is 0 Å². The minimum Gasteiger partial charge on any atom is -0.460 e. The van der Waals surface area contributed by atoms with Crippen LogP contribution in [0.15, 0.2) is 67.3 Å². The van der Waals surface area contributed by atoms with Crippen LogP contribution in [-0.2, 0) is 31.4 Å². The fourth-order valence-electron chi connectivity index (χ4n) is 3.68. The van der Waals surface area contributed by atoms with Crippen molar-refractivity contribution in [3.8, 4) is 0 Å². The van der Waals surface area contributed by atoms with Gasteiger partial charge in [0, 0.05) is 5.02 Å². The lowest BCUT2D eigenvalue weighted by molar-refractivity contribution is -0.146. The number of nitrogens with two attached hydrogens (primary N) is 1. The highest BCUT2D eigenvalue weighted by atomic mass is 35.5. The van der Waals surface area contributed by atoms with E-state index in [1.807, 2.05) is 30.3 Å². The summed E-state index contributed by atoms with van der Waals surface area (Å²) in [5.74, 6) is -0.623. The summed E-state index contributed by atoms with van der Waals surface area (Å²) < 4.78 is 25.4. The summed E-state index contributed by atoms with van der Waals surface area (Å²) in [4.78, 5) is 13.2. The third-order valence-corrected chi connectivity index (χ3v) is 8.92. The van der Waals surface area contributed by atoms with E-state index in [9.17, 15) is 9.36 Å². The van der Waals surface area contributed by atoms with Gasteiger partial charge in [0.25, 0.3) is 0 Å². The first-order chi connectivity index (χ1) is 13.8. The smallest absolute Gasteiger partial charge is 0.324 e. The minimum atomic E-state index is -3.60. The summed E-state index contributed by atoms with van der Waals surface area (Å²) in [5.41, 5.74) is 6.79. The van der Waals surface area contributed by atoms with Crippen LogP contribution in [0.1, 0.15) is 24.5 Å². The average Bonchev–Trinajstić information content (AvgIpc) is 3.36. The summed E-state index contributed by atoms with van der Waals surface area (Å²) in [7, 11) is -3.60. The summed E-state index contributed by atoms with van der Waals surface area (Å²) in [6, 6.07) is 16.3. The molecule has 1 aliphatic rings. The van der Waals surface area contributed by atoms with Crippen LogP contribution < -0.4 is 5.73 Å². The number of halogens is 1. The van der Waals surface area contributed by atoms with Crippen molar-refractivity contribution in [2.45, 2.75) is 36.8 Å². The van der Waals surface area contributed by atoms with Crippen LogP contribution in [-0.4, -0.2) is 23.3 Å². The van der Waals surface area contributed by atoms with Gasteiger partial charge in [-0.2, -0.15) is 0 Å². The van der Waals surface area contributed by atoms with Gasteiger partial charge in [0.1, 0.15) is 6.61 Å². The van der Waals surface area contributed by atoms with Gasteiger partial charge in [-0.25, -0.2) is 0 Å². The van der Waals surface area contributed by atoms with Crippen molar-refractivity contribution in [1.82, 2.24) is 0 Å². The Kier molecular flexibility index (Phi) is 6.35. The molecule has 2 aromatic rings. The zero-order chi connectivity index (χ0) is 21.1. The van der Waals surface area contributed by atoms with E-state index in [0.717, 1.165) is 5.56 Å². The SMILES string of the molecule is C=CC1(N)CC1(C(=O)OCc1ccccc1)P(=O)(Cc1cccc(Cl)c1)OCC. The molecule has 0 heterocycles. The molecule has 2 aromatic carbocycles. The Hall–Kier alpha value is -1.91. The lowest BCUT2D eigenvalue weighted by Gasteiger charge is -2.29. The summed E-state index contributed by atoms with van der Waals surface area (Å²) in [6.45, 7) is 5.74. The van der Waals surface area contributed by atoms with Crippen molar-refractivity contribution in [2.24, 2.45) is 5.73 Å². The first-order valence-electron chi connectivity index (χ1n) is 9.42. The normalized spacial score (nSPS) is 25.1. The minimum absolute atomic E-state index is 0.0363. The zero-order valence-electron chi connectivity index (χ0n) is 16.3. The summed E-state index contributed by atoms with van der Waals surface area (Å²) in [6.07, 6.45) is 1.67. The first-order valence-corrected chi connectivity index (χ1v) is 11.6. The maximum Gasteiger partial charge on any atom is 0.324 e. The molecule has 5 nitrogen and oxygen atoms in total. The Labute approximate surface area is 176 Å². The van der Waals surface area contributed by atoms with Gasteiger partial charge < -0.3 is 15.0 Å². The molecule has 0 saturated heterocycles. The second-order valence-corrected chi connectivity index (χ2v) is 10.3. The van der Waals surface area contributed by atoms with Crippen molar-refractivity contribution in [3.05, 3.63) is 83.4 Å². The molecule has 3 unspecified atom stereocenters. The molecule has 0 bridgehead atoms. The number of hydrogen-bond acceptors (Lipinski definition) is 5. The van der Waals surface area contributed by atoms with E-state index < -0.39 is 24.0 Å². The van der Waals surface area contributed by atoms with Crippen molar-refractivity contribution < 1.29 is 18.6 Å². The van der Waals surface area contributed by atoms with E-state index in [0.29, 0.717) is 10.6 Å². The Balaban J connectivity index is 1.93. The quantitative estimate of drug-likeness (QED) is 0.345. The van der Waals surface area contributed by atoms with Gasteiger partial charge in [0.05, 0.1) is 18.3 Å². The third-order valence-electron chi connectivity index (χ3n) is 5.31. The molecule has 0 aromatic heterocycles. The molecule has 7 heteroatoms. The predicted octanol–water partition coefficient (Wildman–Crippen LogP) is 4.92. The van der Waals surface area contributed by atoms with Gasteiger partial charge in [-0.1, -0.05) is 60.1 Å². The molecule has 0 amide bonds. The largest absolute Gasteiger partial charge is 0.460 e. The molecule has 0 aliphatic heterocycles. The van der Waals surface area contributed by atoms with Gasteiger partial charge in [0.2, 0.25) is 7.37 Å². The molecule has 1 aliphatic carbocycles. The van der Waals surface area contributed by atoms with E-state index in [2.05, 4.69) is 6.58 Å². The van der Waals surface area contributed by atoms with Crippen LogP contribution in [0.5, 0.6) is 0 Å². The maximum absolute atomic E-state index is 14.1. The number of carbonyl (C=O) groups excluding carboxylic acids is 1. The molecule has 1 saturated carbocycles. The van der Waals surface area contributed by atoms with E-state index in [1.54, 1.807) is 31.2 Å². The van der Waals surface area contributed by atoms with E-state index >= 15 is 0 Å². The fraction of sp³-hybridized carbons (Fsp3) is 0.318. The number of carbonyl (C=O) groups is 1. The molecule has 0 spiro atoms. The molecule has 29 heavy (non-hydrogen) atoms. The van der Waals surface area contributed by atoms with E-state index in [-0.39, 0.29) is 25.8 Å². The third kappa shape index (κ3) is 4.06. The molecule has 3 atom stereocenters. The molecule has 1 fully saturated rings. The van der Waals surface area contributed by atoms with Crippen molar-refractivity contribution in [2.75, 3.05) is 6.61 Å². The topological polar surface area (TPSA) is 78.6 Å². The molecule has 2 N–H and O–H groups in total. The lowest BCUT2D eigenvalue weighted by Crippen LogP contribution is -2.41. The molecule has 154 valence electrons. The maximum atomic E-state index is 14.1. The van der Waals surface area contributed by atoms with Gasteiger partial charge in [0.15, 0.2) is 5.16 Å². The van der Waals surface area contributed by atoms with Crippen LogP contribution in [0.3, 0.4) is 0 Å². The number of rotatable bonds is 9. The van der Waals surface area contributed by atoms with Crippen LogP contribution in [0.25, 0.3) is 0 Å². The average molecular weight is 434 g/mol. The predicted molar refractivity (Wildman–Crippen MR) is 115 cm³/mol. The van der Waals surface area contributed by atoms with Gasteiger partial charge in [-0.15, -0.1) is 6.58 Å². The van der Waals surface area contributed by atoms with Gasteiger partial charge in [-0.3, -0.25) is 9.36 Å². The number of benzene rings is 2. The Morgan fingerprint density at radius 3 is 2.52 bits per heavy atom. The second kappa shape index (κ2) is 8.45. The van der Waals surface area contributed by atoms with Crippen LogP contribution >= 0.6 is 19.0 Å². The monoisotopic (exact) mass is 433 g/mol. The highest BCUT2D eigenvalue weighted by molar-refractivity contribution is 7.61. The van der Waals surface area contributed by atoms with Crippen molar-refractivity contribution in [3.63, 3.8) is 0 Å². The molecule has 0 radical (unpaired) electrons. The Bertz CT molecular complexity index is 951. The highest BCUT2D eigenvalue weighted by Gasteiger charge is 2.79. The first kappa shape index (κ1) is 21.8. The van der Waals surface area contributed by atoms with E-state index in [4.69, 9.17) is 26.6 Å². The van der Waals surface area contributed by atoms with Crippen molar-refractivity contribution in [1.29, 1.82) is 0 Å². The zero-order valence-corrected chi connectivity index (χ0v) is 18.0. The lowest BCUT2D eigenvalue weighted by atomic mass is 10.2. The van der Waals surface area contributed by atoms with Gasteiger partial charge in [-0.05, 0) is 36.6 Å². The number of hydrogen-bond donors (Lipinski definition) is 1. The highest BCUT2D eigenvalue weighted by Crippen LogP contribution is 2.76. The summed E-state index contributed by atoms with van der Waals surface area (Å²) >= 11 is 6.08. The van der Waals surface area contributed by atoms with E-state index in [1.165, 1.54) is 6.08 Å². The second-order valence-electron chi connectivity index (χ2n) is 7.22. The van der Waals surface area contributed by atoms with Crippen molar-refractivity contribution >= 4 is 24.9 Å². The van der Waals surface area contributed by atoms with Crippen LogP contribution in [0.2, 0.25) is 5.02 Å². The molecular weight excluding hydrogens is 409 g/mol. The molecular formula is C22H25ClNO4P. The van der Waals surface area contributed by atoms with Gasteiger partial charge >= 0.3 is 5.97 Å². The van der Waals surface area contributed by atoms with Crippen LogP contribution in [0, 0.1) is 0 Å². The molecule has 3 rings (SSSR count). The standard InChI is InChI=1S/C22H25ClNO4P/c1-3-21(24)16-22(21,20(25)27-14-17-9-6-5-7-10-17)29(26,28-4-2)15-18-11-8-12-19(23)13-18/h3,5-13H,1,4,14-16,24H2,2H3. The Morgan fingerprint density at radius 2 is 1.93 bits per heavy atom. The Morgan fingerprint density at radius 1 is 1.24 bits per heavy atom. The number of esters is 1.